The van der Waals surface area contributed by atoms with Crippen LogP contribution in [0.25, 0.3) is 0 Å². The Morgan fingerprint density at radius 2 is 1.84 bits per heavy atom. The Bertz CT molecular complexity index is 906. The molecule has 0 spiro atoms. The lowest BCUT2D eigenvalue weighted by atomic mass is 10.1. The Morgan fingerprint density at radius 1 is 1.10 bits per heavy atom. The number of halogens is 1. The molecule has 10 heteroatoms. The van der Waals surface area contributed by atoms with Gasteiger partial charge in [-0.3, -0.25) is 14.9 Å². The molecule has 0 saturated carbocycles. The minimum atomic E-state index is -3.56. The van der Waals surface area contributed by atoms with Crippen LogP contribution in [0.5, 0.6) is 0 Å². The Labute approximate surface area is 202 Å². The largest absolute Gasteiger partial charge is 0.355 e. The summed E-state index contributed by atoms with van der Waals surface area (Å²) in [5.74, 6) is 0.649. The van der Waals surface area contributed by atoms with Gasteiger partial charge in [-0.2, -0.15) is 0 Å². The van der Waals surface area contributed by atoms with Crippen molar-refractivity contribution in [2.45, 2.75) is 23.8 Å². The number of aromatic nitrogens is 1. The van der Waals surface area contributed by atoms with Gasteiger partial charge in [0.1, 0.15) is 4.90 Å². The first-order valence-electron chi connectivity index (χ1n) is 10.2. The van der Waals surface area contributed by atoms with E-state index in [1.54, 1.807) is 19.3 Å². The molecule has 1 atom stereocenters. The number of nitrogens with zero attached hydrogens (tertiary/aromatic N) is 3. The monoisotopic (exact) mass is 558 g/mol. The third-order valence-corrected chi connectivity index (χ3v) is 6.55. The Morgan fingerprint density at radius 3 is 2.48 bits per heavy atom. The summed E-state index contributed by atoms with van der Waals surface area (Å²) in [6.45, 7) is 3.59. The van der Waals surface area contributed by atoms with Crippen molar-refractivity contribution in [2.24, 2.45) is 4.99 Å². The molecule has 1 aliphatic rings. The van der Waals surface area contributed by atoms with Crippen molar-refractivity contribution in [3.8, 4) is 0 Å². The van der Waals surface area contributed by atoms with Gasteiger partial charge in [-0.25, -0.2) is 13.1 Å². The van der Waals surface area contributed by atoms with E-state index < -0.39 is 10.0 Å². The number of aliphatic imine (C=N–C) groups is 1. The smallest absolute Gasteiger partial charge is 0.242 e. The molecule has 31 heavy (non-hydrogen) atoms. The molecule has 2 heterocycles. The predicted octanol–water partition coefficient (Wildman–Crippen LogP) is 1.98. The van der Waals surface area contributed by atoms with Gasteiger partial charge in [0.15, 0.2) is 5.96 Å². The average molecular weight is 558 g/mol. The molecule has 1 unspecified atom stereocenters. The molecule has 1 aromatic carbocycles. The normalized spacial score (nSPS) is 15.8. The average Bonchev–Trinajstić information content (AvgIpc) is 3.31. The van der Waals surface area contributed by atoms with Gasteiger partial charge in [-0.15, -0.1) is 24.0 Å². The van der Waals surface area contributed by atoms with Crippen LogP contribution in [0.4, 0.5) is 0 Å². The van der Waals surface area contributed by atoms with Crippen LogP contribution < -0.4 is 15.4 Å². The standard InChI is InChI=1S/C21H30N6O2S.HI/c1-22-21(24-12-13-26-30(28,29)19-10-7-11-23-16-19)25-17-20(27-14-5-6-15-27)18-8-3-2-4-9-18;/h2-4,7-11,16,20,26H,5-6,12-15,17H2,1H3,(H2,22,24,25);1H. The van der Waals surface area contributed by atoms with Crippen LogP contribution in [0, 0.1) is 0 Å². The number of likely N-dealkylation sites (tertiary alicyclic amines) is 1. The second-order valence-corrected chi connectivity index (χ2v) is 8.90. The van der Waals surface area contributed by atoms with Crippen LogP contribution >= 0.6 is 24.0 Å². The lowest BCUT2D eigenvalue weighted by molar-refractivity contribution is 0.245. The van der Waals surface area contributed by atoms with Crippen molar-refractivity contribution in [1.29, 1.82) is 0 Å². The molecule has 0 aliphatic carbocycles. The van der Waals surface area contributed by atoms with Crippen molar-refractivity contribution in [3.05, 3.63) is 60.4 Å². The molecular formula is C21H31IN6O2S. The fourth-order valence-corrected chi connectivity index (χ4v) is 4.55. The van der Waals surface area contributed by atoms with Gasteiger partial charge in [0.25, 0.3) is 0 Å². The van der Waals surface area contributed by atoms with Gasteiger partial charge >= 0.3 is 0 Å². The van der Waals surface area contributed by atoms with Crippen molar-refractivity contribution in [1.82, 2.24) is 25.2 Å². The fraction of sp³-hybridized carbons (Fsp3) is 0.429. The molecule has 3 N–H and O–H groups in total. The molecule has 3 rings (SSSR count). The van der Waals surface area contributed by atoms with E-state index in [0.29, 0.717) is 12.5 Å². The zero-order valence-corrected chi connectivity index (χ0v) is 20.8. The zero-order chi connectivity index (χ0) is 21.2. The van der Waals surface area contributed by atoms with Crippen molar-refractivity contribution >= 4 is 40.0 Å². The van der Waals surface area contributed by atoms with Gasteiger partial charge in [-0.05, 0) is 43.6 Å². The highest BCUT2D eigenvalue weighted by Crippen LogP contribution is 2.24. The maximum Gasteiger partial charge on any atom is 0.242 e. The van der Waals surface area contributed by atoms with E-state index in [4.69, 9.17) is 0 Å². The van der Waals surface area contributed by atoms with Gasteiger partial charge in [-0.1, -0.05) is 30.3 Å². The number of nitrogens with one attached hydrogen (secondary N) is 3. The van der Waals surface area contributed by atoms with Crippen LogP contribution in [-0.4, -0.2) is 64.0 Å². The Kier molecular flexibility index (Phi) is 10.6. The predicted molar refractivity (Wildman–Crippen MR) is 134 cm³/mol. The van der Waals surface area contributed by atoms with Crippen molar-refractivity contribution in [3.63, 3.8) is 0 Å². The summed E-state index contributed by atoms with van der Waals surface area (Å²) >= 11 is 0. The molecule has 170 valence electrons. The van der Waals surface area contributed by atoms with Gasteiger partial charge in [0, 0.05) is 39.1 Å². The number of hydrogen-bond acceptors (Lipinski definition) is 5. The number of pyridine rings is 1. The highest BCUT2D eigenvalue weighted by atomic mass is 127. The number of sulfonamides is 1. The maximum absolute atomic E-state index is 12.2. The molecule has 8 nitrogen and oxygen atoms in total. The van der Waals surface area contributed by atoms with Crippen LogP contribution in [0.1, 0.15) is 24.4 Å². The van der Waals surface area contributed by atoms with Crippen molar-refractivity contribution < 1.29 is 8.42 Å². The van der Waals surface area contributed by atoms with Gasteiger partial charge in [0.2, 0.25) is 10.0 Å². The van der Waals surface area contributed by atoms with E-state index in [1.165, 1.54) is 30.7 Å². The Hall–Kier alpha value is -1.76. The second kappa shape index (κ2) is 12.9. The second-order valence-electron chi connectivity index (χ2n) is 7.14. The summed E-state index contributed by atoms with van der Waals surface area (Å²) in [7, 11) is -1.85. The van der Waals surface area contributed by atoms with E-state index in [2.05, 4.69) is 54.5 Å². The molecule has 0 radical (unpaired) electrons. The first-order chi connectivity index (χ1) is 14.6. The van der Waals surface area contributed by atoms with E-state index in [1.807, 2.05) is 6.07 Å². The quantitative estimate of drug-likeness (QED) is 0.189. The van der Waals surface area contributed by atoms with E-state index in [-0.39, 0.29) is 41.5 Å². The highest BCUT2D eigenvalue weighted by Gasteiger charge is 2.23. The first-order valence-corrected chi connectivity index (χ1v) is 11.7. The number of benzene rings is 1. The number of guanidine groups is 1. The third-order valence-electron chi connectivity index (χ3n) is 5.11. The van der Waals surface area contributed by atoms with Crippen LogP contribution in [0.3, 0.4) is 0 Å². The highest BCUT2D eigenvalue weighted by molar-refractivity contribution is 14.0. The van der Waals surface area contributed by atoms with E-state index in [9.17, 15) is 8.42 Å². The molecule has 2 aromatic rings. The maximum atomic E-state index is 12.2. The van der Waals surface area contributed by atoms with Crippen LogP contribution in [-0.2, 0) is 10.0 Å². The lowest BCUT2D eigenvalue weighted by Crippen LogP contribution is -2.44. The summed E-state index contributed by atoms with van der Waals surface area (Å²) in [6, 6.07) is 13.9. The van der Waals surface area contributed by atoms with Gasteiger partial charge < -0.3 is 10.6 Å². The topological polar surface area (TPSA) is 98.7 Å². The minimum absolute atomic E-state index is 0. The molecular weight excluding hydrogens is 527 g/mol. The number of hydrogen-bond donors (Lipinski definition) is 3. The minimum Gasteiger partial charge on any atom is -0.355 e. The summed E-state index contributed by atoms with van der Waals surface area (Å²) in [4.78, 5) is 10.8. The summed E-state index contributed by atoms with van der Waals surface area (Å²) in [5, 5.41) is 6.55. The Balaban J connectivity index is 0.00000341. The summed E-state index contributed by atoms with van der Waals surface area (Å²) in [5.41, 5.74) is 1.28. The SMILES string of the molecule is CN=C(NCCNS(=O)(=O)c1cccnc1)NCC(c1ccccc1)N1CCCC1.I. The van der Waals surface area contributed by atoms with Crippen LogP contribution in [0.2, 0.25) is 0 Å². The third kappa shape index (κ3) is 7.70. The van der Waals surface area contributed by atoms with E-state index in [0.717, 1.165) is 19.6 Å². The molecule has 1 fully saturated rings. The summed E-state index contributed by atoms with van der Waals surface area (Å²) in [6.07, 6.45) is 5.33. The van der Waals surface area contributed by atoms with Gasteiger partial charge in [0.05, 0.1) is 6.04 Å². The molecule has 0 amide bonds. The fourth-order valence-electron chi connectivity index (χ4n) is 3.56. The molecule has 1 aliphatic heterocycles. The first kappa shape index (κ1) is 25.5. The molecule has 0 bridgehead atoms. The molecule has 1 aromatic heterocycles. The number of rotatable bonds is 9. The zero-order valence-electron chi connectivity index (χ0n) is 17.7. The van der Waals surface area contributed by atoms with E-state index >= 15 is 0 Å². The van der Waals surface area contributed by atoms with Crippen LogP contribution in [0.15, 0.2) is 64.7 Å². The molecule has 1 saturated heterocycles. The van der Waals surface area contributed by atoms with Crippen molar-refractivity contribution in [2.75, 3.05) is 39.8 Å². The lowest BCUT2D eigenvalue weighted by Gasteiger charge is -2.29. The summed E-state index contributed by atoms with van der Waals surface area (Å²) < 4.78 is 27.0.